The lowest BCUT2D eigenvalue weighted by molar-refractivity contribution is 0.930. The van der Waals surface area contributed by atoms with Crippen LogP contribution >= 0.6 is 11.6 Å². The molecule has 0 unspecified atom stereocenters. The van der Waals surface area contributed by atoms with E-state index in [1.165, 1.54) is 0 Å². The van der Waals surface area contributed by atoms with Crippen LogP contribution in [0.5, 0.6) is 0 Å². The highest BCUT2D eigenvalue weighted by Gasteiger charge is 2.04. The SMILES string of the molecule is Cn1cc(-c2cccc(Cl)c2)nc1N. The number of benzene rings is 1. The van der Waals surface area contributed by atoms with Gasteiger partial charge in [0.25, 0.3) is 0 Å². The summed E-state index contributed by atoms with van der Waals surface area (Å²) >= 11 is 5.88. The zero-order chi connectivity index (χ0) is 10.1. The van der Waals surface area contributed by atoms with Gasteiger partial charge >= 0.3 is 0 Å². The third-order valence-corrected chi connectivity index (χ3v) is 2.27. The molecule has 0 aliphatic heterocycles. The summed E-state index contributed by atoms with van der Waals surface area (Å²) in [7, 11) is 1.86. The molecule has 0 bridgehead atoms. The molecule has 2 aromatic rings. The Balaban J connectivity index is 2.49. The first kappa shape index (κ1) is 9.09. The van der Waals surface area contributed by atoms with Crippen LogP contribution < -0.4 is 5.73 Å². The fourth-order valence-electron chi connectivity index (χ4n) is 1.27. The lowest BCUT2D eigenvalue weighted by atomic mass is 10.2. The van der Waals surface area contributed by atoms with E-state index >= 15 is 0 Å². The van der Waals surface area contributed by atoms with Gasteiger partial charge in [0.2, 0.25) is 0 Å². The maximum absolute atomic E-state index is 5.88. The number of anilines is 1. The third kappa shape index (κ3) is 1.59. The van der Waals surface area contributed by atoms with Crippen LogP contribution in [0.3, 0.4) is 0 Å². The van der Waals surface area contributed by atoms with Crippen LogP contribution in [-0.4, -0.2) is 9.55 Å². The molecule has 1 aromatic carbocycles. The monoisotopic (exact) mass is 207 g/mol. The molecule has 0 saturated heterocycles. The minimum atomic E-state index is 0.500. The van der Waals surface area contributed by atoms with Crippen molar-refractivity contribution in [3.63, 3.8) is 0 Å². The summed E-state index contributed by atoms with van der Waals surface area (Å²) in [6.45, 7) is 0. The number of hydrogen-bond acceptors (Lipinski definition) is 2. The average Bonchev–Trinajstić information content (AvgIpc) is 2.47. The molecule has 72 valence electrons. The van der Waals surface area contributed by atoms with Crippen molar-refractivity contribution >= 4 is 17.5 Å². The summed E-state index contributed by atoms with van der Waals surface area (Å²) in [6, 6.07) is 7.54. The average molecular weight is 208 g/mol. The van der Waals surface area contributed by atoms with Crippen molar-refractivity contribution < 1.29 is 0 Å². The molecule has 0 radical (unpaired) electrons. The van der Waals surface area contributed by atoms with Gasteiger partial charge in [0.15, 0.2) is 5.95 Å². The zero-order valence-electron chi connectivity index (χ0n) is 7.74. The zero-order valence-corrected chi connectivity index (χ0v) is 8.49. The van der Waals surface area contributed by atoms with Gasteiger partial charge in [-0.2, -0.15) is 0 Å². The predicted octanol–water partition coefficient (Wildman–Crippen LogP) is 2.32. The van der Waals surface area contributed by atoms with Crippen molar-refractivity contribution in [1.82, 2.24) is 9.55 Å². The Morgan fingerprint density at radius 2 is 2.21 bits per heavy atom. The second kappa shape index (κ2) is 3.35. The van der Waals surface area contributed by atoms with E-state index in [1.807, 2.05) is 37.5 Å². The summed E-state index contributed by atoms with van der Waals surface area (Å²) in [4.78, 5) is 4.20. The van der Waals surface area contributed by atoms with Gasteiger partial charge in [-0.3, -0.25) is 0 Å². The number of nitrogens with zero attached hydrogens (tertiary/aromatic N) is 2. The minimum absolute atomic E-state index is 0.500. The minimum Gasteiger partial charge on any atom is -0.369 e. The summed E-state index contributed by atoms with van der Waals surface area (Å²) in [5, 5.41) is 0.701. The van der Waals surface area contributed by atoms with Crippen molar-refractivity contribution in [3.05, 3.63) is 35.5 Å². The highest BCUT2D eigenvalue weighted by atomic mass is 35.5. The van der Waals surface area contributed by atoms with Gasteiger partial charge in [-0.05, 0) is 12.1 Å². The number of aromatic nitrogens is 2. The largest absolute Gasteiger partial charge is 0.369 e. The van der Waals surface area contributed by atoms with Gasteiger partial charge in [-0.25, -0.2) is 4.98 Å². The van der Waals surface area contributed by atoms with Crippen LogP contribution in [0.2, 0.25) is 5.02 Å². The Morgan fingerprint density at radius 1 is 1.43 bits per heavy atom. The Hall–Kier alpha value is -1.48. The highest BCUT2D eigenvalue weighted by Crippen LogP contribution is 2.22. The fraction of sp³-hybridized carbons (Fsp3) is 0.100. The molecule has 0 saturated carbocycles. The van der Waals surface area contributed by atoms with E-state index in [1.54, 1.807) is 4.57 Å². The number of nitrogens with two attached hydrogens (primary N) is 1. The molecule has 0 fully saturated rings. The molecule has 0 aliphatic rings. The van der Waals surface area contributed by atoms with Gasteiger partial charge < -0.3 is 10.3 Å². The van der Waals surface area contributed by atoms with Crippen molar-refractivity contribution in [3.8, 4) is 11.3 Å². The summed E-state index contributed by atoms with van der Waals surface area (Å²) in [5.74, 6) is 0.500. The van der Waals surface area contributed by atoms with E-state index in [0.29, 0.717) is 11.0 Å². The van der Waals surface area contributed by atoms with Crippen molar-refractivity contribution in [1.29, 1.82) is 0 Å². The molecule has 14 heavy (non-hydrogen) atoms. The first-order chi connectivity index (χ1) is 6.66. The second-order valence-corrected chi connectivity index (χ2v) is 3.54. The van der Waals surface area contributed by atoms with Crippen molar-refractivity contribution in [2.24, 2.45) is 7.05 Å². The summed E-state index contributed by atoms with van der Waals surface area (Å²) < 4.78 is 1.77. The smallest absolute Gasteiger partial charge is 0.200 e. The van der Waals surface area contributed by atoms with Crippen LogP contribution in [0.15, 0.2) is 30.5 Å². The van der Waals surface area contributed by atoms with Crippen LogP contribution in [0.1, 0.15) is 0 Å². The van der Waals surface area contributed by atoms with E-state index in [-0.39, 0.29) is 0 Å². The highest BCUT2D eigenvalue weighted by molar-refractivity contribution is 6.30. The summed E-state index contributed by atoms with van der Waals surface area (Å²) in [5.41, 5.74) is 7.45. The lowest BCUT2D eigenvalue weighted by Gasteiger charge is -1.95. The van der Waals surface area contributed by atoms with E-state index in [4.69, 9.17) is 17.3 Å². The van der Waals surface area contributed by atoms with E-state index in [2.05, 4.69) is 4.98 Å². The molecule has 0 spiro atoms. The molecule has 2 rings (SSSR count). The van der Waals surface area contributed by atoms with Crippen LogP contribution in [0, 0.1) is 0 Å². The van der Waals surface area contributed by atoms with Crippen LogP contribution in [-0.2, 0) is 7.05 Å². The standard InChI is InChI=1S/C10H10ClN3/c1-14-6-9(13-10(14)12)7-3-2-4-8(11)5-7/h2-6H,1H3,(H2,12,13). The summed E-state index contributed by atoms with van der Waals surface area (Å²) in [6.07, 6.45) is 1.88. The Kier molecular flexibility index (Phi) is 2.17. The van der Waals surface area contributed by atoms with Crippen molar-refractivity contribution in [2.45, 2.75) is 0 Å². The Bertz CT molecular complexity index is 443. The van der Waals surface area contributed by atoms with Crippen LogP contribution in [0.25, 0.3) is 11.3 Å². The number of halogens is 1. The molecular weight excluding hydrogens is 198 g/mol. The molecule has 1 heterocycles. The Labute approximate surface area is 87.1 Å². The maximum Gasteiger partial charge on any atom is 0.200 e. The van der Waals surface area contributed by atoms with E-state index in [0.717, 1.165) is 11.3 Å². The number of rotatable bonds is 1. The van der Waals surface area contributed by atoms with E-state index in [9.17, 15) is 0 Å². The first-order valence-electron chi connectivity index (χ1n) is 4.21. The molecule has 1 aromatic heterocycles. The number of nitrogen functional groups attached to an aromatic ring is 1. The molecule has 0 atom stereocenters. The van der Waals surface area contributed by atoms with Crippen LogP contribution in [0.4, 0.5) is 5.95 Å². The number of aryl methyl sites for hydroxylation is 1. The molecule has 4 heteroatoms. The maximum atomic E-state index is 5.88. The second-order valence-electron chi connectivity index (χ2n) is 3.11. The topological polar surface area (TPSA) is 43.8 Å². The van der Waals surface area contributed by atoms with Gasteiger partial charge in [0.1, 0.15) is 0 Å². The van der Waals surface area contributed by atoms with E-state index < -0.39 is 0 Å². The third-order valence-electron chi connectivity index (χ3n) is 2.03. The fourth-order valence-corrected chi connectivity index (χ4v) is 1.46. The lowest BCUT2D eigenvalue weighted by Crippen LogP contribution is -1.94. The number of imidazole rings is 1. The van der Waals surface area contributed by atoms with Gasteiger partial charge in [0, 0.05) is 23.8 Å². The number of hydrogen-bond donors (Lipinski definition) is 1. The molecule has 0 amide bonds. The van der Waals surface area contributed by atoms with Crippen molar-refractivity contribution in [2.75, 3.05) is 5.73 Å². The molecule has 2 N–H and O–H groups in total. The van der Waals surface area contributed by atoms with Gasteiger partial charge in [-0.15, -0.1) is 0 Å². The molecule has 0 aliphatic carbocycles. The Morgan fingerprint density at radius 3 is 2.79 bits per heavy atom. The van der Waals surface area contributed by atoms with Gasteiger partial charge in [0.05, 0.1) is 5.69 Å². The molecule has 3 nitrogen and oxygen atoms in total. The normalized spacial score (nSPS) is 10.4. The van der Waals surface area contributed by atoms with Gasteiger partial charge in [-0.1, -0.05) is 23.7 Å². The predicted molar refractivity (Wildman–Crippen MR) is 58.1 cm³/mol. The molecular formula is C10H10ClN3. The quantitative estimate of drug-likeness (QED) is 0.780. The first-order valence-corrected chi connectivity index (χ1v) is 4.59.